The predicted molar refractivity (Wildman–Crippen MR) is 116 cm³/mol. The maximum Gasteiger partial charge on any atom is 0.273 e. The first-order chi connectivity index (χ1) is 13.5. The van der Waals surface area contributed by atoms with Crippen molar-refractivity contribution in [1.29, 1.82) is 0 Å². The number of rotatable bonds is 8. The molecule has 0 heterocycles. The molecule has 0 fully saturated rings. The number of nitrogens with zero attached hydrogens (tertiary/aromatic N) is 1. The fourth-order valence-corrected chi connectivity index (χ4v) is 5.55. The van der Waals surface area contributed by atoms with Crippen LogP contribution in [0.1, 0.15) is 11.1 Å². The van der Waals surface area contributed by atoms with Gasteiger partial charge < -0.3 is 4.74 Å². The Balaban J connectivity index is 1.87. The van der Waals surface area contributed by atoms with Gasteiger partial charge in [0.15, 0.2) is 0 Å². The van der Waals surface area contributed by atoms with Crippen molar-refractivity contribution in [2.75, 3.05) is 16.6 Å². The van der Waals surface area contributed by atoms with Gasteiger partial charge in [-0.2, -0.15) is 0 Å². The number of benzene rings is 3. The SMILES string of the molecule is COc1ccc(N(SCCc2ccccc2)S(=O)(=O)c2ccc(C)cc2)cc1. The van der Waals surface area contributed by atoms with Crippen LogP contribution < -0.4 is 8.45 Å². The van der Waals surface area contributed by atoms with E-state index in [9.17, 15) is 8.42 Å². The van der Waals surface area contributed by atoms with E-state index in [0.29, 0.717) is 17.2 Å². The van der Waals surface area contributed by atoms with Gasteiger partial charge in [-0.1, -0.05) is 48.0 Å². The predicted octanol–water partition coefficient (Wildman–Crippen LogP) is 5.09. The summed E-state index contributed by atoms with van der Waals surface area (Å²) in [6.07, 6.45) is 0.779. The first kappa shape index (κ1) is 20.3. The number of sulfonamides is 1. The van der Waals surface area contributed by atoms with E-state index in [4.69, 9.17) is 4.74 Å². The highest BCUT2D eigenvalue weighted by Crippen LogP contribution is 2.32. The molecular weight excluding hydrogens is 390 g/mol. The van der Waals surface area contributed by atoms with Crippen LogP contribution in [0.25, 0.3) is 0 Å². The van der Waals surface area contributed by atoms with E-state index in [0.717, 1.165) is 12.0 Å². The zero-order valence-corrected chi connectivity index (χ0v) is 17.5. The lowest BCUT2D eigenvalue weighted by atomic mass is 10.2. The Kier molecular flexibility index (Phi) is 6.65. The molecule has 6 heteroatoms. The standard InChI is InChI=1S/C22H23NO3S2/c1-18-8-14-22(15-9-18)28(24,25)23(20-10-12-21(26-2)13-11-20)27-17-16-19-6-4-3-5-7-19/h3-15H,16-17H2,1-2H3. The van der Waals surface area contributed by atoms with Gasteiger partial charge in [0.05, 0.1) is 17.7 Å². The van der Waals surface area contributed by atoms with Gasteiger partial charge >= 0.3 is 0 Å². The minimum Gasteiger partial charge on any atom is -0.497 e. The Morgan fingerprint density at radius 3 is 2.14 bits per heavy atom. The molecule has 3 aromatic carbocycles. The van der Waals surface area contributed by atoms with E-state index in [2.05, 4.69) is 0 Å². The lowest BCUT2D eigenvalue weighted by Gasteiger charge is -2.23. The van der Waals surface area contributed by atoms with Crippen molar-refractivity contribution >= 4 is 27.7 Å². The van der Waals surface area contributed by atoms with Crippen LogP contribution in [0.4, 0.5) is 5.69 Å². The van der Waals surface area contributed by atoms with Crippen molar-refractivity contribution in [1.82, 2.24) is 0 Å². The van der Waals surface area contributed by atoms with Crippen LogP contribution in [0.15, 0.2) is 83.8 Å². The molecule has 0 aliphatic carbocycles. The van der Waals surface area contributed by atoms with Crippen LogP contribution in [0.3, 0.4) is 0 Å². The summed E-state index contributed by atoms with van der Waals surface area (Å²) in [5.74, 6) is 1.33. The van der Waals surface area contributed by atoms with Gasteiger partial charge in [0.2, 0.25) is 0 Å². The highest BCUT2D eigenvalue weighted by Gasteiger charge is 2.25. The Morgan fingerprint density at radius 1 is 0.893 bits per heavy atom. The fraction of sp³-hybridized carbons (Fsp3) is 0.182. The Morgan fingerprint density at radius 2 is 1.54 bits per heavy atom. The zero-order chi connectivity index (χ0) is 20.0. The second-order valence-electron chi connectivity index (χ2n) is 6.31. The van der Waals surface area contributed by atoms with E-state index < -0.39 is 10.0 Å². The molecule has 4 nitrogen and oxygen atoms in total. The van der Waals surface area contributed by atoms with Crippen LogP contribution in [0.5, 0.6) is 5.75 Å². The maximum absolute atomic E-state index is 13.3. The van der Waals surface area contributed by atoms with Crippen LogP contribution in [0, 0.1) is 6.92 Å². The van der Waals surface area contributed by atoms with E-state index in [1.54, 1.807) is 43.5 Å². The van der Waals surface area contributed by atoms with Crippen LogP contribution in [0.2, 0.25) is 0 Å². The molecule has 0 aromatic heterocycles. The third-order valence-electron chi connectivity index (χ3n) is 4.26. The van der Waals surface area contributed by atoms with E-state index in [-0.39, 0.29) is 4.90 Å². The molecule has 0 aliphatic rings. The van der Waals surface area contributed by atoms with E-state index in [1.165, 1.54) is 21.2 Å². The van der Waals surface area contributed by atoms with Crippen molar-refractivity contribution in [3.05, 3.63) is 90.0 Å². The number of methoxy groups -OCH3 is 1. The maximum atomic E-state index is 13.3. The van der Waals surface area contributed by atoms with Crippen LogP contribution in [-0.2, 0) is 16.4 Å². The molecule has 0 N–H and O–H groups in total. The van der Waals surface area contributed by atoms with Crippen LogP contribution >= 0.6 is 11.9 Å². The summed E-state index contributed by atoms with van der Waals surface area (Å²) < 4.78 is 33.2. The number of hydrogen-bond acceptors (Lipinski definition) is 4. The van der Waals surface area contributed by atoms with Crippen molar-refractivity contribution < 1.29 is 13.2 Å². The quantitative estimate of drug-likeness (QED) is 0.483. The molecule has 0 bridgehead atoms. The van der Waals surface area contributed by atoms with Crippen molar-refractivity contribution in [3.63, 3.8) is 0 Å². The van der Waals surface area contributed by atoms with Crippen molar-refractivity contribution in [2.24, 2.45) is 0 Å². The summed E-state index contributed by atoms with van der Waals surface area (Å²) in [5.41, 5.74) is 2.79. The molecule has 3 rings (SSSR count). The Labute approximate surface area is 171 Å². The molecule has 0 amide bonds. The molecule has 0 saturated heterocycles. The smallest absolute Gasteiger partial charge is 0.273 e. The van der Waals surface area contributed by atoms with Gasteiger partial charge in [-0.05, 0) is 67.3 Å². The van der Waals surface area contributed by atoms with Gasteiger partial charge in [0, 0.05) is 5.75 Å². The molecule has 0 aliphatic heterocycles. The first-order valence-electron chi connectivity index (χ1n) is 8.93. The van der Waals surface area contributed by atoms with Gasteiger partial charge in [-0.15, -0.1) is 0 Å². The second-order valence-corrected chi connectivity index (χ2v) is 9.36. The average Bonchev–Trinajstić information content (AvgIpc) is 2.72. The third-order valence-corrected chi connectivity index (χ3v) is 7.51. The summed E-state index contributed by atoms with van der Waals surface area (Å²) in [6, 6.07) is 24.0. The summed E-state index contributed by atoms with van der Waals surface area (Å²) in [6.45, 7) is 1.94. The summed E-state index contributed by atoms with van der Waals surface area (Å²) >= 11 is 1.29. The molecular formula is C22H23NO3S2. The number of ether oxygens (including phenoxy) is 1. The average molecular weight is 414 g/mol. The number of hydrogen-bond donors (Lipinski definition) is 0. The molecule has 3 aromatic rings. The lowest BCUT2D eigenvalue weighted by Crippen LogP contribution is -2.25. The van der Waals surface area contributed by atoms with Gasteiger partial charge in [0.25, 0.3) is 10.0 Å². The molecule has 0 spiro atoms. The first-order valence-corrected chi connectivity index (χ1v) is 11.3. The molecule has 0 unspecified atom stereocenters. The monoisotopic (exact) mass is 413 g/mol. The Hall–Kier alpha value is -2.44. The minimum absolute atomic E-state index is 0.279. The number of aryl methyl sites for hydroxylation is 2. The topological polar surface area (TPSA) is 46.6 Å². The largest absolute Gasteiger partial charge is 0.497 e. The third kappa shape index (κ3) is 4.88. The molecule has 0 atom stereocenters. The summed E-state index contributed by atoms with van der Waals surface area (Å²) in [4.78, 5) is 0.279. The van der Waals surface area contributed by atoms with Gasteiger partial charge in [-0.3, -0.25) is 0 Å². The van der Waals surface area contributed by atoms with E-state index >= 15 is 0 Å². The summed E-state index contributed by atoms with van der Waals surface area (Å²) in [7, 11) is -2.10. The highest BCUT2D eigenvalue weighted by atomic mass is 32.3. The van der Waals surface area contributed by atoms with Gasteiger partial charge in [-0.25, -0.2) is 12.1 Å². The molecule has 28 heavy (non-hydrogen) atoms. The fourth-order valence-electron chi connectivity index (χ4n) is 2.68. The number of anilines is 1. The Bertz CT molecular complexity index is 986. The second kappa shape index (κ2) is 9.17. The van der Waals surface area contributed by atoms with Crippen molar-refractivity contribution in [2.45, 2.75) is 18.2 Å². The van der Waals surface area contributed by atoms with Crippen LogP contribution in [-0.4, -0.2) is 21.3 Å². The van der Waals surface area contributed by atoms with Crippen molar-refractivity contribution in [3.8, 4) is 5.75 Å². The summed E-state index contributed by atoms with van der Waals surface area (Å²) in [5, 5.41) is 0. The zero-order valence-electron chi connectivity index (χ0n) is 15.9. The lowest BCUT2D eigenvalue weighted by molar-refractivity contribution is 0.415. The normalized spacial score (nSPS) is 11.2. The minimum atomic E-state index is -3.69. The molecule has 0 radical (unpaired) electrons. The van der Waals surface area contributed by atoms with E-state index in [1.807, 2.05) is 49.4 Å². The van der Waals surface area contributed by atoms with Gasteiger partial charge in [0.1, 0.15) is 5.75 Å². The highest BCUT2D eigenvalue weighted by molar-refractivity contribution is 8.14. The molecule has 146 valence electrons. The molecule has 0 saturated carbocycles.